The SMILES string of the molecule is Fc1cc(CNc2c(F)cccc2Br)cc(F)c1F. The molecule has 0 spiro atoms. The summed E-state index contributed by atoms with van der Waals surface area (Å²) < 4.78 is 52.7. The van der Waals surface area contributed by atoms with E-state index in [1.54, 1.807) is 6.07 Å². The Bertz CT molecular complexity index is 572. The standard InChI is InChI=1S/C13H8BrF4N/c14-8-2-1-3-9(15)13(8)19-6-7-4-10(16)12(18)11(17)5-7/h1-5,19H,6H2. The van der Waals surface area contributed by atoms with Crippen molar-refractivity contribution in [3.05, 3.63) is 63.6 Å². The van der Waals surface area contributed by atoms with Crippen molar-refractivity contribution in [3.63, 3.8) is 0 Å². The van der Waals surface area contributed by atoms with Gasteiger partial charge in [0.05, 0.1) is 5.69 Å². The minimum absolute atomic E-state index is 0.0341. The number of hydrogen-bond donors (Lipinski definition) is 1. The summed E-state index contributed by atoms with van der Waals surface area (Å²) in [5.41, 5.74) is 0.346. The van der Waals surface area contributed by atoms with Crippen LogP contribution in [0.25, 0.3) is 0 Å². The van der Waals surface area contributed by atoms with Crippen LogP contribution in [0, 0.1) is 23.3 Å². The summed E-state index contributed by atoms with van der Waals surface area (Å²) in [6.07, 6.45) is 0. The van der Waals surface area contributed by atoms with Gasteiger partial charge in [-0.1, -0.05) is 6.07 Å². The van der Waals surface area contributed by atoms with E-state index < -0.39 is 23.3 Å². The molecule has 0 heterocycles. The highest BCUT2D eigenvalue weighted by Gasteiger charge is 2.11. The quantitative estimate of drug-likeness (QED) is 0.638. The fourth-order valence-corrected chi connectivity index (χ4v) is 2.05. The highest BCUT2D eigenvalue weighted by molar-refractivity contribution is 9.10. The molecule has 0 aliphatic heterocycles. The van der Waals surface area contributed by atoms with Gasteiger partial charge in [-0.15, -0.1) is 0 Å². The Balaban J connectivity index is 2.19. The van der Waals surface area contributed by atoms with Gasteiger partial charge < -0.3 is 5.32 Å². The number of rotatable bonds is 3. The zero-order valence-electron chi connectivity index (χ0n) is 9.48. The Morgan fingerprint density at radius 2 is 1.58 bits per heavy atom. The van der Waals surface area contributed by atoms with E-state index in [-0.39, 0.29) is 17.8 Å². The maximum Gasteiger partial charge on any atom is 0.194 e. The molecule has 19 heavy (non-hydrogen) atoms. The van der Waals surface area contributed by atoms with Crippen LogP contribution in [0.1, 0.15) is 5.56 Å². The molecule has 2 rings (SSSR count). The van der Waals surface area contributed by atoms with Crippen LogP contribution in [0.3, 0.4) is 0 Å². The monoisotopic (exact) mass is 333 g/mol. The number of anilines is 1. The Hall–Kier alpha value is -1.56. The van der Waals surface area contributed by atoms with Gasteiger partial charge in [-0.05, 0) is 45.8 Å². The molecule has 1 N–H and O–H groups in total. The lowest BCUT2D eigenvalue weighted by molar-refractivity contribution is 0.445. The molecule has 0 saturated heterocycles. The first-order chi connectivity index (χ1) is 8.99. The van der Waals surface area contributed by atoms with E-state index in [4.69, 9.17) is 0 Å². The van der Waals surface area contributed by atoms with Gasteiger partial charge in [0.25, 0.3) is 0 Å². The molecule has 2 aromatic carbocycles. The van der Waals surface area contributed by atoms with Crippen LogP contribution in [-0.4, -0.2) is 0 Å². The van der Waals surface area contributed by atoms with Gasteiger partial charge in [0.1, 0.15) is 5.82 Å². The highest BCUT2D eigenvalue weighted by atomic mass is 79.9. The molecule has 0 amide bonds. The molecule has 0 radical (unpaired) electrons. The maximum absolute atomic E-state index is 13.5. The van der Waals surface area contributed by atoms with Crippen LogP contribution in [-0.2, 0) is 6.54 Å². The van der Waals surface area contributed by atoms with Gasteiger partial charge >= 0.3 is 0 Å². The zero-order valence-corrected chi connectivity index (χ0v) is 11.1. The van der Waals surface area contributed by atoms with Crippen molar-refractivity contribution < 1.29 is 17.6 Å². The topological polar surface area (TPSA) is 12.0 Å². The van der Waals surface area contributed by atoms with E-state index in [0.29, 0.717) is 4.47 Å². The molecule has 0 atom stereocenters. The van der Waals surface area contributed by atoms with Crippen LogP contribution in [0.4, 0.5) is 23.2 Å². The Morgan fingerprint density at radius 1 is 0.947 bits per heavy atom. The molecule has 0 aliphatic rings. The summed E-state index contributed by atoms with van der Waals surface area (Å²) in [7, 11) is 0. The van der Waals surface area contributed by atoms with Crippen molar-refractivity contribution in [3.8, 4) is 0 Å². The second-order valence-electron chi connectivity index (χ2n) is 3.82. The van der Waals surface area contributed by atoms with Crippen LogP contribution >= 0.6 is 15.9 Å². The van der Waals surface area contributed by atoms with Gasteiger partial charge in [0, 0.05) is 11.0 Å². The first-order valence-corrected chi connectivity index (χ1v) is 6.09. The Morgan fingerprint density at radius 3 is 2.16 bits per heavy atom. The lowest BCUT2D eigenvalue weighted by atomic mass is 10.2. The van der Waals surface area contributed by atoms with E-state index in [9.17, 15) is 17.6 Å². The summed E-state index contributed by atoms with van der Waals surface area (Å²) in [5.74, 6) is -4.57. The van der Waals surface area contributed by atoms with E-state index in [1.807, 2.05) is 0 Å². The van der Waals surface area contributed by atoms with Gasteiger partial charge in [-0.3, -0.25) is 0 Å². The molecule has 0 aromatic heterocycles. The number of hydrogen-bond acceptors (Lipinski definition) is 1. The van der Waals surface area contributed by atoms with Crippen LogP contribution in [0.5, 0.6) is 0 Å². The van der Waals surface area contributed by atoms with Crippen molar-refractivity contribution in [2.75, 3.05) is 5.32 Å². The second-order valence-corrected chi connectivity index (χ2v) is 4.68. The number of halogens is 5. The molecule has 0 unspecified atom stereocenters. The van der Waals surface area contributed by atoms with Gasteiger partial charge in [0.15, 0.2) is 17.5 Å². The Labute approximate surface area is 115 Å². The molecule has 6 heteroatoms. The summed E-state index contributed by atoms with van der Waals surface area (Å²) in [6.45, 7) is -0.0341. The lowest BCUT2D eigenvalue weighted by Crippen LogP contribution is -2.04. The lowest BCUT2D eigenvalue weighted by Gasteiger charge is -2.10. The fraction of sp³-hybridized carbons (Fsp3) is 0.0769. The normalized spacial score (nSPS) is 10.6. The van der Waals surface area contributed by atoms with Crippen LogP contribution in [0.15, 0.2) is 34.8 Å². The Kier molecular flexibility index (Phi) is 4.09. The molecule has 0 fully saturated rings. The van der Waals surface area contributed by atoms with E-state index in [0.717, 1.165) is 12.1 Å². The predicted octanol–water partition coefficient (Wildman–Crippen LogP) is 4.62. The summed E-state index contributed by atoms with van der Waals surface area (Å²) >= 11 is 3.15. The van der Waals surface area contributed by atoms with Crippen molar-refractivity contribution in [1.29, 1.82) is 0 Å². The fourth-order valence-electron chi connectivity index (χ4n) is 1.57. The third-order valence-corrected chi connectivity index (χ3v) is 3.14. The van der Waals surface area contributed by atoms with Crippen molar-refractivity contribution >= 4 is 21.6 Å². The van der Waals surface area contributed by atoms with Crippen LogP contribution < -0.4 is 5.32 Å². The molecule has 0 aliphatic carbocycles. The van der Waals surface area contributed by atoms with Gasteiger partial charge in [-0.25, -0.2) is 17.6 Å². The number of nitrogens with one attached hydrogen (secondary N) is 1. The average Bonchev–Trinajstić information content (AvgIpc) is 2.35. The third kappa shape index (κ3) is 3.07. The molecular formula is C13H8BrF4N. The van der Waals surface area contributed by atoms with Gasteiger partial charge in [-0.2, -0.15) is 0 Å². The number of benzene rings is 2. The van der Waals surface area contributed by atoms with Gasteiger partial charge in [0.2, 0.25) is 0 Å². The third-order valence-electron chi connectivity index (χ3n) is 2.48. The van der Waals surface area contributed by atoms with E-state index >= 15 is 0 Å². The molecular weight excluding hydrogens is 326 g/mol. The first-order valence-electron chi connectivity index (χ1n) is 5.30. The van der Waals surface area contributed by atoms with Crippen molar-refractivity contribution in [2.24, 2.45) is 0 Å². The summed E-state index contributed by atoms with van der Waals surface area (Å²) in [5, 5.41) is 2.69. The number of para-hydroxylation sites is 1. The van der Waals surface area contributed by atoms with Crippen molar-refractivity contribution in [2.45, 2.75) is 6.54 Å². The molecule has 2 aromatic rings. The van der Waals surface area contributed by atoms with Crippen molar-refractivity contribution in [1.82, 2.24) is 0 Å². The van der Waals surface area contributed by atoms with E-state index in [2.05, 4.69) is 21.2 Å². The first kappa shape index (κ1) is 13.9. The zero-order chi connectivity index (χ0) is 14.0. The maximum atomic E-state index is 13.5. The summed E-state index contributed by atoms with van der Waals surface area (Å²) in [6, 6.07) is 6.11. The minimum Gasteiger partial charge on any atom is -0.378 e. The van der Waals surface area contributed by atoms with E-state index in [1.165, 1.54) is 12.1 Å². The molecule has 100 valence electrons. The highest BCUT2D eigenvalue weighted by Crippen LogP contribution is 2.26. The van der Waals surface area contributed by atoms with Crippen LogP contribution in [0.2, 0.25) is 0 Å². The second kappa shape index (κ2) is 5.61. The minimum atomic E-state index is -1.52. The molecule has 0 bridgehead atoms. The molecule has 1 nitrogen and oxygen atoms in total. The largest absolute Gasteiger partial charge is 0.378 e. The predicted molar refractivity (Wildman–Crippen MR) is 67.7 cm³/mol. The summed E-state index contributed by atoms with van der Waals surface area (Å²) in [4.78, 5) is 0. The smallest absolute Gasteiger partial charge is 0.194 e. The molecule has 0 saturated carbocycles. The average molecular weight is 334 g/mol.